The number of rotatable bonds is 13. The lowest BCUT2D eigenvalue weighted by Crippen LogP contribution is -2.44. The second-order valence-corrected chi connectivity index (χ2v) is 10.0. The van der Waals surface area contributed by atoms with Crippen LogP contribution in [-0.2, 0) is 25.7 Å². The van der Waals surface area contributed by atoms with Crippen LogP contribution < -0.4 is 16.0 Å². The van der Waals surface area contributed by atoms with Crippen LogP contribution in [0, 0.1) is 0 Å². The number of amides is 3. The van der Waals surface area contributed by atoms with E-state index in [-0.39, 0.29) is 19.6 Å². The van der Waals surface area contributed by atoms with Crippen molar-refractivity contribution in [3.05, 3.63) is 132 Å². The SMILES string of the molecule is COC(=O)/C=C/c1ccccc1NC(=O)[C@H](CCCNC(=O)OCc1ccccc1)NC(=O)c1ccc(-c2ccccc2)cc1. The Morgan fingerprint density at radius 1 is 0.778 bits per heavy atom. The van der Waals surface area contributed by atoms with Crippen LogP contribution in [0.25, 0.3) is 17.2 Å². The Bertz CT molecular complexity index is 1610. The highest BCUT2D eigenvalue weighted by Gasteiger charge is 2.22. The lowest BCUT2D eigenvalue weighted by molar-refractivity contribution is -0.134. The number of benzene rings is 4. The van der Waals surface area contributed by atoms with Gasteiger partial charge in [-0.2, -0.15) is 0 Å². The van der Waals surface area contributed by atoms with Crippen molar-refractivity contribution in [3.63, 3.8) is 0 Å². The third-order valence-electron chi connectivity index (χ3n) is 6.85. The van der Waals surface area contributed by atoms with E-state index in [4.69, 9.17) is 4.74 Å². The van der Waals surface area contributed by atoms with Crippen LogP contribution >= 0.6 is 0 Å². The second kappa shape index (κ2) is 16.8. The number of carbonyl (C=O) groups is 4. The highest BCUT2D eigenvalue weighted by molar-refractivity contribution is 6.02. The topological polar surface area (TPSA) is 123 Å². The number of para-hydroxylation sites is 1. The maximum atomic E-state index is 13.5. The van der Waals surface area contributed by atoms with Gasteiger partial charge in [0.2, 0.25) is 5.91 Å². The zero-order valence-electron chi connectivity index (χ0n) is 24.9. The van der Waals surface area contributed by atoms with Crippen molar-refractivity contribution in [2.24, 2.45) is 0 Å². The quantitative estimate of drug-likeness (QED) is 0.0979. The fourth-order valence-corrected chi connectivity index (χ4v) is 4.43. The van der Waals surface area contributed by atoms with Crippen molar-refractivity contribution >= 4 is 35.6 Å². The number of nitrogens with one attached hydrogen (secondary N) is 3. The van der Waals surface area contributed by atoms with Crippen LogP contribution in [0.2, 0.25) is 0 Å². The molecule has 0 aliphatic heterocycles. The molecule has 0 aliphatic rings. The number of hydrogen-bond donors (Lipinski definition) is 3. The molecule has 4 aromatic carbocycles. The van der Waals surface area contributed by atoms with Gasteiger partial charge in [-0.3, -0.25) is 9.59 Å². The predicted molar refractivity (Wildman–Crippen MR) is 173 cm³/mol. The maximum absolute atomic E-state index is 13.5. The summed E-state index contributed by atoms with van der Waals surface area (Å²) < 4.78 is 9.91. The van der Waals surface area contributed by atoms with Crippen molar-refractivity contribution < 1.29 is 28.7 Å². The molecule has 0 unspecified atom stereocenters. The van der Waals surface area contributed by atoms with Crippen molar-refractivity contribution in [1.29, 1.82) is 0 Å². The Morgan fingerprint density at radius 2 is 1.42 bits per heavy atom. The van der Waals surface area contributed by atoms with Gasteiger partial charge in [0.1, 0.15) is 12.6 Å². The maximum Gasteiger partial charge on any atom is 0.407 e. The lowest BCUT2D eigenvalue weighted by atomic mass is 10.0. The molecule has 0 aliphatic carbocycles. The number of anilines is 1. The molecule has 0 radical (unpaired) electrons. The van der Waals surface area contributed by atoms with Gasteiger partial charge in [0.25, 0.3) is 5.91 Å². The fraction of sp³-hybridized carbons (Fsp3) is 0.167. The molecule has 9 nitrogen and oxygen atoms in total. The third kappa shape index (κ3) is 10.2. The summed E-state index contributed by atoms with van der Waals surface area (Å²) in [4.78, 5) is 50.5. The van der Waals surface area contributed by atoms with Crippen LogP contribution in [0.15, 0.2) is 115 Å². The molecule has 45 heavy (non-hydrogen) atoms. The van der Waals surface area contributed by atoms with Crippen LogP contribution in [-0.4, -0.2) is 43.6 Å². The highest BCUT2D eigenvalue weighted by atomic mass is 16.5. The molecule has 0 bridgehead atoms. The van der Waals surface area contributed by atoms with Crippen LogP contribution in [0.5, 0.6) is 0 Å². The molecule has 0 fully saturated rings. The average molecular weight is 606 g/mol. The molecule has 3 amide bonds. The van der Waals surface area contributed by atoms with Crippen LogP contribution in [0.1, 0.15) is 34.3 Å². The zero-order valence-corrected chi connectivity index (χ0v) is 24.9. The fourth-order valence-electron chi connectivity index (χ4n) is 4.43. The summed E-state index contributed by atoms with van der Waals surface area (Å²) >= 11 is 0. The van der Waals surface area contributed by atoms with E-state index >= 15 is 0 Å². The Balaban J connectivity index is 1.41. The molecule has 0 saturated heterocycles. The average Bonchev–Trinajstić information content (AvgIpc) is 3.08. The largest absolute Gasteiger partial charge is 0.466 e. The Kier molecular flexibility index (Phi) is 12.0. The molecule has 230 valence electrons. The predicted octanol–water partition coefficient (Wildman–Crippen LogP) is 5.98. The number of ether oxygens (including phenoxy) is 2. The van der Waals surface area contributed by atoms with E-state index < -0.39 is 29.9 Å². The number of carbonyl (C=O) groups excluding carboxylic acids is 4. The minimum absolute atomic E-state index is 0.140. The van der Waals surface area contributed by atoms with Gasteiger partial charge in [-0.25, -0.2) is 9.59 Å². The van der Waals surface area contributed by atoms with Gasteiger partial charge in [0, 0.05) is 23.9 Å². The summed E-state index contributed by atoms with van der Waals surface area (Å²) in [5, 5.41) is 8.39. The van der Waals surface area contributed by atoms with E-state index in [2.05, 4.69) is 20.7 Å². The summed E-state index contributed by atoms with van der Waals surface area (Å²) in [6.07, 6.45) is 2.84. The van der Waals surface area contributed by atoms with Crippen molar-refractivity contribution in [2.75, 3.05) is 19.0 Å². The number of methoxy groups -OCH3 is 1. The Morgan fingerprint density at radius 3 is 2.13 bits per heavy atom. The van der Waals surface area contributed by atoms with E-state index in [1.165, 1.54) is 19.3 Å². The zero-order chi connectivity index (χ0) is 31.9. The van der Waals surface area contributed by atoms with E-state index in [1.807, 2.05) is 72.8 Å². The summed E-state index contributed by atoms with van der Waals surface area (Å²) in [6, 6.07) is 32.3. The second-order valence-electron chi connectivity index (χ2n) is 10.0. The summed E-state index contributed by atoms with van der Waals surface area (Å²) in [6.45, 7) is 0.373. The molecule has 9 heteroatoms. The molecule has 0 heterocycles. The van der Waals surface area contributed by atoms with Crippen molar-refractivity contribution in [1.82, 2.24) is 10.6 Å². The first-order valence-electron chi connectivity index (χ1n) is 14.5. The highest BCUT2D eigenvalue weighted by Crippen LogP contribution is 2.20. The molecule has 4 aromatic rings. The minimum atomic E-state index is -0.925. The standard InChI is InChI=1S/C36H35N3O6/c1-44-33(40)23-22-29-15-8-9-16-31(29)38-35(42)32(17-10-24-37-36(43)45-25-26-11-4-2-5-12-26)39-34(41)30-20-18-28(19-21-30)27-13-6-3-7-14-27/h2-9,11-16,18-23,32H,10,17,24-25H2,1H3,(H,37,43)(H,38,42)(H,39,41)/b23-22+/t32-/m0/s1. The van der Waals surface area contributed by atoms with Crippen molar-refractivity contribution in [2.45, 2.75) is 25.5 Å². The lowest BCUT2D eigenvalue weighted by Gasteiger charge is -2.20. The summed E-state index contributed by atoms with van der Waals surface area (Å²) in [5.41, 5.74) is 4.29. The molecule has 0 aromatic heterocycles. The van der Waals surface area contributed by atoms with Gasteiger partial charge in [-0.15, -0.1) is 0 Å². The molecule has 3 N–H and O–H groups in total. The van der Waals surface area contributed by atoms with E-state index in [1.54, 1.807) is 36.4 Å². The normalized spacial score (nSPS) is 11.3. The first-order chi connectivity index (χ1) is 21.9. The number of alkyl carbamates (subject to hydrolysis) is 1. The first kappa shape index (κ1) is 32.2. The summed E-state index contributed by atoms with van der Waals surface area (Å²) in [7, 11) is 1.28. The van der Waals surface area contributed by atoms with Crippen LogP contribution in [0.3, 0.4) is 0 Å². The van der Waals surface area contributed by atoms with Gasteiger partial charge in [0.15, 0.2) is 0 Å². The van der Waals surface area contributed by atoms with Crippen LogP contribution in [0.4, 0.5) is 10.5 Å². The third-order valence-corrected chi connectivity index (χ3v) is 6.85. The molecular weight excluding hydrogens is 570 g/mol. The Labute approximate surface area is 262 Å². The van der Waals surface area contributed by atoms with E-state index in [0.29, 0.717) is 23.2 Å². The number of hydrogen-bond acceptors (Lipinski definition) is 6. The monoisotopic (exact) mass is 605 g/mol. The first-order valence-corrected chi connectivity index (χ1v) is 14.5. The van der Waals surface area contributed by atoms with E-state index in [9.17, 15) is 19.2 Å². The van der Waals surface area contributed by atoms with Crippen molar-refractivity contribution in [3.8, 4) is 11.1 Å². The Hall–Kier alpha value is -5.70. The molecule has 1 atom stereocenters. The van der Waals surface area contributed by atoms with Gasteiger partial charge in [-0.1, -0.05) is 91.0 Å². The molecule has 0 spiro atoms. The van der Waals surface area contributed by atoms with Gasteiger partial charge in [0.05, 0.1) is 7.11 Å². The molecule has 0 saturated carbocycles. The smallest absolute Gasteiger partial charge is 0.407 e. The molecular formula is C36H35N3O6. The van der Waals surface area contributed by atoms with E-state index in [0.717, 1.165) is 16.7 Å². The molecule has 4 rings (SSSR count). The number of esters is 1. The summed E-state index contributed by atoms with van der Waals surface area (Å²) in [5.74, 6) is -1.40. The van der Waals surface area contributed by atoms with Gasteiger partial charge < -0.3 is 25.4 Å². The minimum Gasteiger partial charge on any atom is -0.466 e. The van der Waals surface area contributed by atoms with Gasteiger partial charge in [-0.05, 0) is 59.4 Å². The van der Waals surface area contributed by atoms with Gasteiger partial charge >= 0.3 is 12.1 Å².